The van der Waals surface area contributed by atoms with Crippen LogP contribution in [-0.2, 0) is 4.79 Å². The number of carboxylic acid groups (broad SMARTS) is 1. The maximum Gasteiger partial charge on any atom is 0.490 e. The average molecular weight is 409 g/mol. The van der Waals surface area contributed by atoms with Gasteiger partial charge in [-0.05, 0) is 31.4 Å². The van der Waals surface area contributed by atoms with E-state index in [0.29, 0.717) is 0 Å². The van der Waals surface area contributed by atoms with Gasteiger partial charge in [0.15, 0.2) is 0 Å². The number of amides is 1. The van der Waals surface area contributed by atoms with E-state index in [0.717, 1.165) is 24.5 Å². The number of aromatic nitrogens is 2. The van der Waals surface area contributed by atoms with E-state index in [1.54, 1.807) is 0 Å². The molecule has 0 radical (unpaired) electrons. The van der Waals surface area contributed by atoms with E-state index in [1.807, 2.05) is 24.3 Å². The minimum absolute atomic E-state index is 0.152. The van der Waals surface area contributed by atoms with Crippen LogP contribution in [0.4, 0.5) is 30.4 Å². The number of aliphatic carboxylic acids is 1. The first kappa shape index (κ1) is 21.7. The molecule has 1 aromatic carbocycles. The molecule has 2 heterocycles. The van der Waals surface area contributed by atoms with Crippen LogP contribution in [0.15, 0.2) is 30.5 Å². The molecular formula is C18H18F3N5O3. The van der Waals surface area contributed by atoms with Gasteiger partial charge in [-0.1, -0.05) is 18.7 Å². The third-order valence-electron chi connectivity index (χ3n) is 3.99. The van der Waals surface area contributed by atoms with Gasteiger partial charge in [0, 0.05) is 13.1 Å². The summed E-state index contributed by atoms with van der Waals surface area (Å²) in [5, 5.41) is 10.0. The Labute approximate surface area is 164 Å². The maximum absolute atomic E-state index is 12.3. The lowest BCUT2D eigenvalue weighted by molar-refractivity contribution is -0.192. The molecule has 2 aromatic rings. The number of imidazole rings is 1. The van der Waals surface area contributed by atoms with Gasteiger partial charge < -0.3 is 20.2 Å². The Morgan fingerprint density at radius 1 is 1.21 bits per heavy atom. The predicted octanol–water partition coefficient (Wildman–Crippen LogP) is 3.84. The highest BCUT2D eigenvalue weighted by atomic mass is 19.4. The topological polar surface area (TPSA) is 103 Å². The van der Waals surface area contributed by atoms with Crippen molar-refractivity contribution in [3.8, 4) is 0 Å². The van der Waals surface area contributed by atoms with Crippen molar-refractivity contribution in [2.75, 3.05) is 23.3 Å². The molecule has 11 heteroatoms. The fraction of sp³-hybridized carbons (Fsp3) is 0.333. The first-order valence-electron chi connectivity index (χ1n) is 8.60. The molecule has 0 unspecified atom stereocenters. The number of carboxylic acids is 1. The lowest BCUT2D eigenvalue weighted by atomic mass is 10.1. The highest BCUT2D eigenvalue weighted by Crippen LogP contribution is 2.28. The Balaban J connectivity index is 0.000000370. The second kappa shape index (κ2) is 9.59. The number of H-pyrrole nitrogens is 1. The SMILES string of the molecule is O=C(O)C(F)(F)F.[C-]#[N+]c1cnc(C(=O)Nc2ccccc2N2CCCCC2)[nH]1. The lowest BCUT2D eigenvalue weighted by Crippen LogP contribution is -2.30. The van der Waals surface area contributed by atoms with E-state index in [4.69, 9.17) is 16.5 Å². The molecule has 3 N–H and O–H groups in total. The number of halogens is 3. The van der Waals surface area contributed by atoms with Crippen LogP contribution in [0, 0.1) is 6.57 Å². The third-order valence-corrected chi connectivity index (χ3v) is 3.99. The summed E-state index contributed by atoms with van der Waals surface area (Å²) < 4.78 is 31.7. The van der Waals surface area contributed by atoms with E-state index in [9.17, 15) is 18.0 Å². The minimum Gasteiger partial charge on any atom is -0.475 e. The number of benzene rings is 1. The van der Waals surface area contributed by atoms with Crippen molar-refractivity contribution in [1.29, 1.82) is 0 Å². The number of para-hydroxylation sites is 2. The molecule has 0 spiro atoms. The number of alkyl halides is 3. The summed E-state index contributed by atoms with van der Waals surface area (Å²) in [5.41, 5.74) is 1.81. The van der Waals surface area contributed by atoms with E-state index >= 15 is 0 Å². The average Bonchev–Trinajstić information content (AvgIpc) is 3.18. The van der Waals surface area contributed by atoms with E-state index in [-0.39, 0.29) is 17.5 Å². The molecule has 0 aliphatic carbocycles. The molecule has 1 amide bonds. The summed E-state index contributed by atoms with van der Waals surface area (Å²) in [6.07, 6.45) is -0.112. The number of nitrogens with zero attached hydrogens (tertiary/aromatic N) is 3. The number of nitrogens with one attached hydrogen (secondary N) is 2. The maximum atomic E-state index is 12.3. The van der Waals surface area contributed by atoms with Crippen LogP contribution in [-0.4, -0.2) is 46.2 Å². The van der Waals surface area contributed by atoms with Crippen molar-refractivity contribution in [3.63, 3.8) is 0 Å². The minimum atomic E-state index is -5.08. The summed E-state index contributed by atoms with van der Waals surface area (Å²) in [6.45, 7) is 8.92. The zero-order chi connectivity index (χ0) is 21.4. The number of hydrogen-bond donors (Lipinski definition) is 3. The van der Waals surface area contributed by atoms with Crippen molar-refractivity contribution >= 4 is 29.1 Å². The van der Waals surface area contributed by atoms with Gasteiger partial charge in [0.05, 0.1) is 17.6 Å². The van der Waals surface area contributed by atoms with E-state index in [1.165, 1.54) is 25.5 Å². The molecule has 1 aliphatic heterocycles. The van der Waals surface area contributed by atoms with Gasteiger partial charge >= 0.3 is 18.1 Å². The van der Waals surface area contributed by atoms with Crippen LogP contribution in [0.1, 0.15) is 29.9 Å². The predicted molar refractivity (Wildman–Crippen MR) is 99.0 cm³/mol. The smallest absolute Gasteiger partial charge is 0.475 e. The quantitative estimate of drug-likeness (QED) is 0.669. The molecular weight excluding hydrogens is 391 g/mol. The third kappa shape index (κ3) is 6.24. The Kier molecular flexibility index (Phi) is 7.19. The Morgan fingerprint density at radius 2 is 1.83 bits per heavy atom. The molecule has 1 aliphatic rings. The monoisotopic (exact) mass is 409 g/mol. The largest absolute Gasteiger partial charge is 0.490 e. The number of piperidine rings is 1. The summed E-state index contributed by atoms with van der Waals surface area (Å²) in [6, 6.07) is 7.79. The van der Waals surface area contributed by atoms with Crippen molar-refractivity contribution in [3.05, 3.63) is 47.7 Å². The van der Waals surface area contributed by atoms with E-state index in [2.05, 4.69) is 25.0 Å². The van der Waals surface area contributed by atoms with Crippen LogP contribution < -0.4 is 10.2 Å². The van der Waals surface area contributed by atoms with Crippen LogP contribution in [0.3, 0.4) is 0 Å². The fourth-order valence-corrected chi connectivity index (χ4v) is 2.66. The van der Waals surface area contributed by atoms with Crippen molar-refractivity contribution in [2.45, 2.75) is 25.4 Å². The van der Waals surface area contributed by atoms with Crippen LogP contribution in [0.25, 0.3) is 4.85 Å². The van der Waals surface area contributed by atoms with Gasteiger partial charge in [-0.2, -0.15) is 13.2 Å². The molecule has 3 rings (SSSR count). The molecule has 0 bridgehead atoms. The number of hydrogen-bond acceptors (Lipinski definition) is 4. The molecule has 29 heavy (non-hydrogen) atoms. The molecule has 0 saturated carbocycles. The van der Waals surface area contributed by atoms with Crippen LogP contribution >= 0.6 is 0 Å². The molecule has 1 saturated heterocycles. The summed E-state index contributed by atoms with van der Waals surface area (Å²) >= 11 is 0. The van der Waals surface area contributed by atoms with Gasteiger partial charge in [-0.15, -0.1) is 0 Å². The Hall–Kier alpha value is -3.55. The number of rotatable bonds is 3. The fourth-order valence-electron chi connectivity index (χ4n) is 2.66. The summed E-state index contributed by atoms with van der Waals surface area (Å²) in [4.78, 5) is 33.3. The molecule has 1 aromatic heterocycles. The summed E-state index contributed by atoms with van der Waals surface area (Å²) in [7, 11) is 0. The van der Waals surface area contributed by atoms with Crippen molar-refractivity contribution < 1.29 is 27.9 Å². The zero-order valence-electron chi connectivity index (χ0n) is 15.2. The van der Waals surface area contributed by atoms with Gasteiger partial charge in [0.1, 0.15) is 0 Å². The molecule has 154 valence electrons. The van der Waals surface area contributed by atoms with Gasteiger partial charge in [0.25, 0.3) is 5.82 Å². The van der Waals surface area contributed by atoms with Crippen LogP contribution in [0.2, 0.25) is 0 Å². The highest BCUT2D eigenvalue weighted by molar-refractivity contribution is 6.03. The van der Waals surface area contributed by atoms with Crippen molar-refractivity contribution in [1.82, 2.24) is 9.97 Å². The second-order valence-corrected chi connectivity index (χ2v) is 6.05. The van der Waals surface area contributed by atoms with Crippen LogP contribution in [0.5, 0.6) is 0 Å². The number of carbonyl (C=O) groups excluding carboxylic acids is 1. The van der Waals surface area contributed by atoms with Gasteiger partial charge in [-0.3, -0.25) is 9.78 Å². The molecule has 8 nitrogen and oxygen atoms in total. The van der Waals surface area contributed by atoms with Gasteiger partial charge in [-0.25, -0.2) is 9.78 Å². The highest BCUT2D eigenvalue weighted by Gasteiger charge is 2.38. The zero-order valence-corrected chi connectivity index (χ0v) is 15.2. The number of anilines is 2. The second-order valence-electron chi connectivity index (χ2n) is 6.05. The van der Waals surface area contributed by atoms with Crippen molar-refractivity contribution in [2.24, 2.45) is 0 Å². The van der Waals surface area contributed by atoms with Gasteiger partial charge in [0.2, 0.25) is 5.82 Å². The normalized spacial score (nSPS) is 13.7. The van der Waals surface area contributed by atoms with E-state index < -0.39 is 12.1 Å². The number of aromatic amines is 1. The lowest BCUT2D eigenvalue weighted by Gasteiger charge is -2.30. The number of carbonyl (C=O) groups is 2. The first-order chi connectivity index (χ1) is 13.7. The Morgan fingerprint density at radius 3 is 2.38 bits per heavy atom. The standard InChI is InChI=1S/C16H17N5O.C2HF3O2/c1-17-14-11-18-15(20-14)16(22)19-12-7-3-4-8-13(12)21-9-5-2-6-10-21;3-2(4,5)1(6)7/h3-4,7-8,11H,2,5-6,9-10H2,(H,18,20)(H,19,22);(H,6,7). The summed E-state index contributed by atoms with van der Waals surface area (Å²) in [5.74, 6) is -2.68. The molecule has 1 fully saturated rings. The Bertz CT molecular complexity index is 899. The molecule has 0 atom stereocenters. The first-order valence-corrected chi connectivity index (χ1v) is 8.60.